The number of nitrogens with zero attached hydrogens (tertiary/aromatic N) is 1. The molecular formula is C12H16FIN2. The van der Waals surface area contributed by atoms with Crippen molar-refractivity contribution >= 4 is 34.0 Å². The maximum Gasteiger partial charge on any atom is 0.138 e. The molecule has 16 heavy (non-hydrogen) atoms. The highest BCUT2D eigenvalue weighted by Gasteiger charge is 2.18. The Morgan fingerprint density at radius 2 is 2.00 bits per heavy atom. The third kappa shape index (κ3) is 2.42. The second kappa shape index (κ2) is 4.77. The Kier molecular flexibility index (Phi) is 3.56. The summed E-state index contributed by atoms with van der Waals surface area (Å²) in [6.07, 6.45) is 2.32. The van der Waals surface area contributed by atoms with Gasteiger partial charge in [-0.25, -0.2) is 4.39 Å². The molecule has 0 aromatic heterocycles. The van der Waals surface area contributed by atoms with Crippen LogP contribution in [0.4, 0.5) is 15.8 Å². The van der Waals surface area contributed by atoms with E-state index in [0.717, 1.165) is 37.5 Å². The maximum absolute atomic E-state index is 13.5. The summed E-state index contributed by atoms with van der Waals surface area (Å²) in [5.74, 6) is 0.592. The standard InChI is InChI=1S/C12H16FIN2/c1-8-2-4-16(5-3-8)12-6-9(13)10(14)7-11(12)15/h6-8H,2-5,15H2,1H3. The molecular weight excluding hydrogens is 318 g/mol. The normalized spacial score (nSPS) is 17.8. The van der Waals surface area contributed by atoms with Gasteiger partial charge in [-0.1, -0.05) is 6.92 Å². The van der Waals surface area contributed by atoms with E-state index in [-0.39, 0.29) is 5.82 Å². The van der Waals surface area contributed by atoms with Crippen LogP contribution in [0.2, 0.25) is 0 Å². The number of hydrogen-bond donors (Lipinski definition) is 1. The summed E-state index contributed by atoms with van der Waals surface area (Å²) < 4.78 is 14.1. The largest absolute Gasteiger partial charge is 0.397 e. The molecule has 1 saturated heterocycles. The first-order valence-corrected chi connectivity index (χ1v) is 6.65. The number of rotatable bonds is 1. The van der Waals surface area contributed by atoms with Gasteiger partial charge in [-0.15, -0.1) is 0 Å². The molecule has 0 radical (unpaired) electrons. The first kappa shape index (κ1) is 12.0. The quantitative estimate of drug-likeness (QED) is 0.631. The molecule has 1 heterocycles. The predicted octanol–water partition coefficient (Wildman–Crippen LogP) is 3.25. The predicted molar refractivity (Wildman–Crippen MR) is 74.1 cm³/mol. The van der Waals surface area contributed by atoms with Gasteiger partial charge in [0.1, 0.15) is 5.82 Å². The van der Waals surface area contributed by atoms with Crippen LogP contribution in [0.3, 0.4) is 0 Å². The summed E-state index contributed by atoms with van der Waals surface area (Å²) in [7, 11) is 0. The van der Waals surface area contributed by atoms with E-state index >= 15 is 0 Å². The Hall–Kier alpha value is -0.520. The number of benzene rings is 1. The smallest absolute Gasteiger partial charge is 0.138 e. The van der Waals surface area contributed by atoms with E-state index in [1.807, 2.05) is 22.6 Å². The van der Waals surface area contributed by atoms with Crippen LogP contribution in [0, 0.1) is 15.3 Å². The molecule has 0 atom stereocenters. The number of halogens is 2. The van der Waals surface area contributed by atoms with Crippen molar-refractivity contribution in [2.75, 3.05) is 23.7 Å². The summed E-state index contributed by atoms with van der Waals surface area (Å²) >= 11 is 1.97. The molecule has 1 aliphatic heterocycles. The molecule has 0 spiro atoms. The number of hydrogen-bond acceptors (Lipinski definition) is 2. The van der Waals surface area contributed by atoms with Crippen LogP contribution in [-0.4, -0.2) is 13.1 Å². The monoisotopic (exact) mass is 334 g/mol. The summed E-state index contributed by atoms with van der Waals surface area (Å²) in [5.41, 5.74) is 7.48. The van der Waals surface area contributed by atoms with Crippen LogP contribution >= 0.6 is 22.6 Å². The Balaban J connectivity index is 2.23. The van der Waals surface area contributed by atoms with Gasteiger partial charge in [-0.05, 0) is 47.4 Å². The highest BCUT2D eigenvalue weighted by Crippen LogP contribution is 2.30. The average Bonchev–Trinajstić information content (AvgIpc) is 2.25. The van der Waals surface area contributed by atoms with Crippen molar-refractivity contribution < 1.29 is 4.39 Å². The summed E-state index contributed by atoms with van der Waals surface area (Å²) in [6, 6.07) is 3.27. The first-order valence-electron chi connectivity index (χ1n) is 5.57. The molecule has 1 aliphatic rings. The number of nitrogens with two attached hydrogens (primary N) is 1. The minimum absolute atomic E-state index is 0.177. The molecule has 1 fully saturated rings. The zero-order valence-electron chi connectivity index (χ0n) is 9.34. The van der Waals surface area contributed by atoms with E-state index in [4.69, 9.17) is 5.73 Å². The second-order valence-electron chi connectivity index (χ2n) is 4.49. The van der Waals surface area contributed by atoms with E-state index in [9.17, 15) is 4.39 Å². The van der Waals surface area contributed by atoms with Crippen molar-refractivity contribution in [3.8, 4) is 0 Å². The topological polar surface area (TPSA) is 29.3 Å². The molecule has 88 valence electrons. The van der Waals surface area contributed by atoms with Gasteiger partial charge in [0.25, 0.3) is 0 Å². The van der Waals surface area contributed by atoms with E-state index in [1.165, 1.54) is 0 Å². The Morgan fingerprint density at radius 1 is 1.38 bits per heavy atom. The number of anilines is 2. The minimum Gasteiger partial charge on any atom is -0.397 e. The zero-order valence-corrected chi connectivity index (χ0v) is 11.5. The molecule has 2 nitrogen and oxygen atoms in total. The number of nitrogen functional groups attached to an aromatic ring is 1. The molecule has 0 aliphatic carbocycles. The van der Waals surface area contributed by atoms with Gasteiger partial charge in [-0.2, -0.15) is 0 Å². The van der Waals surface area contributed by atoms with Crippen molar-refractivity contribution in [3.63, 3.8) is 0 Å². The van der Waals surface area contributed by atoms with Crippen molar-refractivity contribution in [2.45, 2.75) is 19.8 Å². The van der Waals surface area contributed by atoms with Gasteiger partial charge >= 0.3 is 0 Å². The molecule has 1 aromatic rings. The summed E-state index contributed by atoms with van der Waals surface area (Å²) in [6.45, 7) is 4.21. The molecule has 0 saturated carbocycles. The van der Waals surface area contributed by atoms with Crippen LogP contribution < -0.4 is 10.6 Å². The fourth-order valence-corrected chi connectivity index (χ4v) is 2.57. The molecule has 0 unspecified atom stereocenters. The molecule has 1 aromatic carbocycles. The zero-order chi connectivity index (χ0) is 11.7. The molecule has 4 heteroatoms. The average molecular weight is 334 g/mol. The molecule has 2 rings (SSSR count). The summed E-state index contributed by atoms with van der Waals surface area (Å²) in [5, 5.41) is 0. The van der Waals surface area contributed by atoms with E-state index in [2.05, 4.69) is 11.8 Å². The lowest BCUT2D eigenvalue weighted by atomic mass is 9.98. The minimum atomic E-state index is -0.177. The van der Waals surface area contributed by atoms with Crippen molar-refractivity contribution in [1.82, 2.24) is 0 Å². The molecule has 0 bridgehead atoms. The molecule has 2 N–H and O–H groups in total. The van der Waals surface area contributed by atoms with Crippen molar-refractivity contribution in [2.24, 2.45) is 5.92 Å². The van der Waals surface area contributed by atoms with Crippen molar-refractivity contribution in [3.05, 3.63) is 21.5 Å². The highest BCUT2D eigenvalue weighted by atomic mass is 127. The fourth-order valence-electron chi connectivity index (χ4n) is 2.08. The molecule has 0 amide bonds. The van der Waals surface area contributed by atoms with Crippen molar-refractivity contribution in [1.29, 1.82) is 0 Å². The SMILES string of the molecule is CC1CCN(c2cc(F)c(I)cc2N)CC1. The van der Waals surface area contributed by atoms with Crippen LogP contribution in [0.25, 0.3) is 0 Å². The Labute approximate surface area is 109 Å². The first-order chi connectivity index (χ1) is 7.58. The van der Waals surface area contributed by atoms with Crippen LogP contribution in [-0.2, 0) is 0 Å². The second-order valence-corrected chi connectivity index (χ2v) is 5.66. The summed E-state index contributed by atoms with van der Waals surface area (Å²) in [4.78, 5) is 2.19. The van der Waals surface area contributed by atoms with Gasteiger partial charge in [0, 0.05) is 19.2 Å². The van der Waals surface area contributed by atoms with E-state index in [1.54, 1.807) is 12.1 Å². The Bertz CT molecular complexity index is 387. The lowest BCUT2D eigenvalue weighted by molar-refractivity contribution is 0.438. The maximum atomic E-state index is 13.5. The lowest BCUT2D eigenvalue weighted by Crippen LogP contribution is -2.33. The van der Waals surface area contributed by atoms with Gasteiger partial charge in [0.15, 0.2) is 0 Å². The van der Waals surface area contributed by atoms with Gasteiger partial charge in [0.2, 0.25) is 0 Å². The van der Waals surface area contributed by atoms with Gasteiger partial charge in [0.05, 0.1) is 14.9 Å². The lowest BCUT2D eigenvalue weighted by Gasteiger charge is -2.33. The van der Waals surface area contributed by atoms with Crippen LogP contribution in [0.15, 0.2) is 12.1 Å². The third-order valence-electron chi connectivity index (χ3n) is 3.19. The van der Waals surface area contributed by atoms with Gasteiger partial charge < -0.3 is 10.6 Å². The van der Waals surface area contributed by atoms with E-state index < -0.39 is 0 Å². The Morgan fingerprint density at radius 3 is 2.62 bits per heavy atom. The van der Waals surface area contributed by atoms with Crippen LogP contribution in [0.1, 0.15) is 19.8 Å². The fraction of sp³-hybridized carbons (Fsp3) is 0.500. The van der Waals surface area contributed by atoms with Crippen LogP contribution in [0.5, 0.6) is 0 Å². The third-order valence-corrected chi connectivity index (χ3v) is 4.02. The van der Waals surface area contributed by atoms with Gasteiger partial charge in [-0.3, -0.25) is 0 Å². The van der Waals surface area contributed by atoms with E-state index in [0.29, 0.717) is 9.26 Å². The number of piperidine rings is 1. The highest BCUT2D eigenvalue weighted by molar-refractivity contribution is 14.1.